The van der Waals surface area contributed by atoms with E-state index in [-0.39, 0.29) is 11.7 Å². The van der Waals surface area contributed by atoms with Crippen LogP contribution in [0.5, 0.6) is 5.75 Å². The molecule has 0 heterocycles. The third kappa shape index (κ3) is 4.49. The number of hydrogen-bond donors (Lipinski definition) is 2. The summed E-state index contributed by atoms with van der Waals surface area (Å²) in [5.74, 6) is -0.129. The van der Waals surface area contributed by atoms with Gasteiger partial charge in [-0.25, -0.2) is 0 Å². The molecule has 0 radical (unpaired) electrons. The smallest absolute Gasteiger partial charge is 0.251 e. The van der Waals surface area contributed by atoms with Gasteiger partial charge in [-0.3, -0.25) is 4.79 Å². The van der Waals surface area contributed by atoms with E-state index >= 15 is 0 Å². The van der Waals surface area contributed by atoms with Crippen molar-refractivity contribution in [1.82, 2.24) is 5.32 Å². The van der Waals surface area contributed by atoms with E-state index in [0.717, 1.165) is 12.8 Å². The molecule has 0 aromatic heterocycles. The fraction of sp³-hybridized carbons (Fsp3) is 0.533. The summed E-state index contributed by atoms with van der Waals surface area (Å²) < 4.78 is 6.32. The van der Waals surface area contributed by atoms with Crippen LogP contribution in [0, 0.1) is 0 Å². The fourth-order valence-electron chi connectivity index (χ4n) is 2.38. The predicted octanol–water partition coefficient (Wildman–Crippen LogP) is 3.23. The van der Waals surface area contributed by atoms with Crippen LogP contribution in [0.1, 0.15) is 42.5 Å². The van der Waals surface area contributed by atoms with E-state index in [9.17, 15) is 9.90 Å². The molecule has 1 aromatic carbocycles. The minimum atomic E-state index is -0.194. The first-order valence-corrected chi connectivity index (χ1v) is 7.84. The molecule has 4 nitrogen and oxygen atoms in total. The van der Waals surface area contributed by atoms with Gasteiger partial charge in [-0.15, -0.1) is 0 Å². The van der Waals surface area contributed by atoms with Crippen molar-refractivity contribution in [1.29, 1.82) is 0 Å². The average molecular weight is 342 g/mol. The second-order valence-electron chi connectivity index (χ2n) is 5.05. The molecule has 0 unspecified atom stereocenters. The van der Waals surface area contributed by atoms with Gasteiger partial charge in [-0.05, 0) is 47.0 Å². The van der Waals surface area contributed by atoms with Gasteiger partial charge in [0.1, 0.15) is 5.75 Å². The lowest BCUT2D eigenvalue weighted by atomic mass is 9.98. The molecule has 1 saturated carbocycles. The highest BCUT2D eigenvalue weighted by atomic mass is 79.9. The van der Waals surface area contributed by atoms with Crippen molar-refractivity contribution in [2.24, 2.45) is 0 Å². The zero-order chi connectivity index (χ0) is 14.4. The Hall–Kier alpha value is -1.07. The van der Waals surface area contributed by atoms with Crippen LogP contribution in [-0.2, 0) is 4.74 Å². The zero-order valence-corrected chi connectivity index (χ0v) is 13.0. The summed E-state index contributed by atoms with van der Waals surface area (Å²) in [4.78, 5) is 11.9. The van der Waals surface area contributed by atoms with Gasteiger partial charge < -0.3 is 15.2 Å². The van der Waals surface area contributed by atoms with Crippen molar-refractivity contribution in [3.05, 3.63) is 28.2 Å². The van der Waals surface area contributed by atoms with E-state index in [0.29, 0.717) is 29.3 Å². The molecule has 0 aliphatic heterocycles. The van der Waals surface area contributed by atoms with Crippen LogP contribution in [0.15, 0.2) is 22.7 Å². The summed E-state index contributed by atoms with van der Waals surface area (Å²) in [5.41, 5.74) is 0.448. The number of carbonyl (C=O) groups excluding carboxylic acids is 1. The lowest BCUT2D eigenvalue weighted by Gasteiger charge is -2.22. The Balaban J connectivity index is 1.70. The molecule has 1 fully saturated rings. The van der Waals surface area contributed by atoms with E-state index in [1.54, 1.807) is 12.1 Å². The molecule has 0 saturated heterocycles. The van der Waals surface area contributed by atoms with Crippen LogP contribution < -0.4 is 5.32 Å². The van der Waals surface area contributed by atoms with Crippen molar-refractivity contribution in [2.75, 3.05) is 13.2 Å². The SMILES string of the molecule is O=C(NCCOC1CCCCC1)c1ccc(Br)c(O)c1. The monoisotopic (exact) mass is 341 g/mol. The van der Waals surface area contributed by atoms with Gasteiger partial charge in [-0.2, -0.15) is 0 Å². The van der Waals surface area contributed by atoms with Gasteiger partial charge in [0.2, 0.25) is 0 Å². The van der Waals surface area contributed by atoms with Crippen molar-refractivity contribution in [3.8, 4) is 5.75 Å². The summed E-state index contributed by atoms with van der Waals surface area (Å²) in [6.45, 7) is 1.03. The number of carbonyl (C=O) groups is 1. The van der Waals surface area contributed by atoms with Crippen LogP contribution in [0.2, 0.25) is 0 Å². The lowest BCUT2D eigenvalue weighted by molar-refractivity contribution is 0.0299. The van der Waals surface area contributed by atoms with Gasteiger partial charge in [0.25, 0.3) is 5.91 Å². The van der Waals surface area contributed by atoms with Crippen LogP contribution in [-0.4, -0.2) is 30.3 Å². The third-order valence-corrected chi connectivity index (χ3v) is 4.17. The fourth-order valence-corrected chi connectivity index (χ4v) is 2.62. The van der Waals surface area contributed by atoms with E-state index in [1.165, 1.54) is 25.3 Å². The maximum atomic E-state index is 11.9. The van der Waals surface area contributed by atoms with Gasteiger partial charge in [-0.1, -0.05) is 19.3 Å². The van der Waals surface area contributed by atoms with Gasteiger partial charge in [0.15, 0.2) is 0 Å². The topological polar surface area (TPSA) is 58.6 Å². The molecule has 0 spiro atoms. The molecule has 1 amide bonds. The molecule has 2 N–H and O–H groups in total. The standard InChI is InChI=1S/C15H20BrNO3/c16-13-7-6-11(10-14(13)18)15(19)17-8-9-20-12-4-2-1-3-5-12/h6-7,10,12,18H,1-5,8-9H2,(H,17,19). The highest BCUT2D eigenvalue weighted by Crippen LogP contribution is 2.24. The van der Waals surface area contributed by atoms with Crippen LogP contribution in [0.3, 0.4) is 0 Å². The molecular formula is C15H20BrNO3. The summed E-state index contributed by atoms with van der Waals surface area (Å²) in [7, 11) is 0. The number of ether oxygens (including phenoxy) is 1. The van der Waals surface area contributed by atoms with E-state index in [4.69, 9.17) is 4.74 Å². The molecule has 110 valence electrons. The van der Waals surface area contributed by atoms with Crippen LogP contribution in [0.4, 0.5) is 0 Å². The largest absolute Gasteiger partial charge is 0.507 e. The van der Waals surface area contributed by atoms with E-state index < -0.39 is 0 Å². The zero-order valence-electron chi connectivity index (χ0n) is 11.4. The first-order chi connectivity index (χ1) is 9.66. The Morgan fingerprint density at radius 1 is 1.35 bits per heavy atom. The third-order valence-electron chi connectivity index (χ3n) is 3.50. The minimum Gasteiger partial charge on any atom is -0.507 e. The maximum absolute atomic E-state index is 11.9. The Morgan fingerprint density at radius 3 is 2.80 bits per heavy atom. The number of phenolic OH excluding ortho intramolecular Hbond substituents is 1. The number of halogens is 1. The second-order valence-corrected chi connectivity index (χ2v) is 5.91. The number of phenols is 1. The predicted molar refractivity (Wildman–Crippen MR) is 81.0 cm³/mol. The van der Waals surface area contributed by atoms with E-state index in [1.807, 2.05) is 0 Å². The summed E-state index contributed by atoms with van der Waals surface area (Å²) in [6.07, 6.45) is 6.43. The number of aromatic hydroxyl groups is 1. The first-order valence-electron chi connectivity index (χ1n) is 7.05. The highest BCUT2D eigenvalue weighted by molar-refractivity contribution is 9.10. The Bertz CT molecular complexity index is 458. The second kappa shape index (κ2) is 7.64. The molecule has 1 aliphatic carbocycles. The van der Waals surface area contributed by atoms with Crippen molar-refractivity contribution < 1.29 is 14.6 Å². The minimum absolute atomic E-state index is 0.0658. The summed E-state index contributed by atoms with van der Waals surface area (Å²) >= 11 is 3.18. The molecule has 0 bridgehead atoms. The Morgan fingerprint density at radius 2 is 2.10 bits per heavy atom. The molecular weight excluding hydrogens is 322 g/mol. The van der Waals surface area contributed by atoms with Crippen molar-refractivity contribution in [2.45, 2.75) is 38.2 Å². The highest BCUT2D eigenvalue weighted by Gasteiger charge is 2.13. The molecule has 20 heavy (non-hydrogen) atoms. The Kier molecular flexibility index (Phi) is 5.86. The number of benzene rings is 1. The molecule has 1 aliphatic rings. The number of amides is 1. The number of rotatable bonds is 5. The number of nitrogens with one attached hydrogen (secondary N) is 1. The van der Waals surface area contributed by atoms with Crippen molar-refractivity contribution in [3.63, 3.8) is 0 Å². The average Bonchev–Trinajstić information content (AvgIpc) is 2.47. The molecule has 0 atom stereocenters. The van der Waals surface area contributed by atoms with Crippen molar-refractivity contribution >= 4 is 21.8 Å². The van der Waals surface area contributed by atoms with Crippen LogP contribution in [0.25, 0.3) is 0 Å². The quantitative estimate of drug-likeness (QED) is 0.808. The van der Waals surface area contributed by atoms with Gasteiger partial charge >= 0.3 is 0 Å². The number of hydrogen-bond acceptors (Lipinski definition) is 3. The molecule has 5 heteroatoms. The van der Waals surface area contributed by atoms with E-state index in [2.05, 4.69) is 21.2 Å². The molecule has 1 aromatic rings. The summed E-state index contributed by atoms with van der Waals surface area (Å²) in [6, 6.07) is 4.77. The van der Waals surface area contributed by atoms with Crippen LogP contribution >= 0.6 is 15.9 Å². The molecule has 2 rings (SSSR count). The summed E-state index contributed by atoms with van der Waals surface area (Å²) in [5, 5.41) is 12.3. The first kappa shape index (κ1) is 15.3. The maximum Gasteiger partial charge on any atom is 0.251 e. The Labute approximate surface area is 127 Å². The van der Waals surface area contributed by atoms with Gasteiger partial charge in [0, 0.05) is 12.1 Å². The lowest BCUT2D eigenvalue weighted by Crippen LogP contribution is -2.29. The normalized spacial score (nSPS) is 16.1. The van der Waals surface area contributed by atoms with Gasteiger partial charge in [0.05, 0.1) is 17.2 Å².